The van der Waals surface area contributed by atoms with Gasteiger partial charge in [-0.15, -0.1) is 0 Å². The Morgan fingerprint density at radius 2 is 1.04 bits per heavy atom. The predicted molar refractivity (Wildman–Crippen MR) is 102 cm³/mol. The van der Waals surface area contributed by atoms with E-state index in [9.17, 15) is 0 Å². The molecule has 0 heterocycles. The van der Waals surface area contributed by atoms with Crippen LogP contribution >= 0.6 is 0 Å². The summed E-state index contributed by atoms with van der Waals surface area (Å²) in [5.41, 5.74) is 0.664. The summed E-state index contributed by atoms with van der Waals surface area (Å²) in [4.78, 5) is 0. The van der Waals surface area contributed by atoms with E-state index in [-0.39, 0.29) is 0 Å². The molecule has 0 radical (unpaired) electrons. The van der Waals surface area contributed by atoms with Gasteiger partial charge in [-0.05, 0) is 61.2 Å². The van der Waals surface area contributed by atoms with Crippen molar-refractivity contribution in [1.29, 1.82) is 0 Å². The maximum atomic E-state index is 2.75. The average Bonchev–Trinajstić information content (AvgIpc) is 2.64. The zero-order valence-corrected chi connectivity index (χ0v) is 16.1. The van der Waals surface area contributed by atoms with Gasteiger partial charge in [-0.3, -0.25) is 0 Å². The van der Waals surface area contributed by atoms with E-state index in [0.29, 0.717) is 5.41 Å². The van der Waals surface area contributed by atoms with Crippen LogP contribution in [0.2, 0.25) is 0 Å². The third-order valence-corrected chi connectivity index (χ3v) is 8.29. The average molecular weight is 319 g/mol. The Labute approximate surface area is 146 Å². The molecule has 0 saturated heterocycles. The Balaban J connectivity index is 1.70. The molecule has 3 fully saturated rings. The molecule has 0 amide bonds. The van der Waals surface area contributed by atoms with Gasteiger partial charge in [0.1, 0.15) is 0 Å². The van der Waals surface area contributed by atoms with Gasteiger partial charge in [0.25, 0.3) is 0 Å². The van der Waals surface area contributed by atoms with Gasteiger partial charge in [-0.25, -0.2) is 0 Å². The lowest BCUT2D eigenvalue weighted by molar-refractivity contribution is 0.00670. The molecule has 3 aliphatic carbocycles. The van der Waals surface area contributed by atoms with Crippen molar-refractivity contribution in [2.24, 2.45) is 29.1 Å². The highest BCUT2D eigenvalue weighted by Crippen LogP contribution is 2.53. The van der Waals surface area contributed by atoms with E-state index in [0.717, 1.165) is 23.7 Å². The smallest absolute Gasteiger partial charge is 0.0267 e. The molecule has 0 aromatic carbocycles. The van der Waals surface area contributed by atoms with Gasteiger partial charge in [0.2, 0.25) is 0 Å². The summed E-state index contributed by atoms with van der Waals surface area (Å²) in [6.45, 7) is 5.37. The minimum absolute atomic E-state index is 0.664. The SMILES string of the molecule is CC(CC(C)(C1CCCCC1)C1CCCCC1)C1CCCCC1. The molecule has 0 nitrogen and oxygen atoms in total. The van der Waals surface area contributed by atoms with Crippen LogP contribution in [0.4, 0.5) is 0 Å². The van der Waals surface area contributed by atoms with Crippen molar-refractivity contribution in [1.82, 2.24) is 0 Å². The Bertz CT molecular complexity index is 308. The molecule has 0 aromatic heterocycles. The Hall–Kier alpha value is 0. The van der Waals surface area contributed by atoms with E-state index in [1.165, 1.54) is 70.6 Å². The third kappa shape index (κ3) is 4.35. The summed E-state index contributed by atoms with van der Waals surface area (Å²) in [5, 5.41) is 0. The first-order valence-electron chi connectivity index (χ1n) is 11.2. The zero-order valence-electron chi connectivity index (χ0n) is 16.1. The van der Waals surface area contributed by atoms with Gasteiger partial charge in [-0.2, -0.15) is 0 Å². The molecule has 0 heteroatoms. The third-order valence-electron chi connectivity index (χ3n) is 8.29. The maximum Gasteiger partial charge on any atom is -0.0267 e. The van der Waals surface area contributed by atoms with Gasteiger partial charge in [0.15, 0.2) is 0 Å². The minimum atomic E-state index is 0.664. The fraction of sp³-hybridized carbons (Fsp3) is 1.00. The zero-order chi connectivity index (χ0) is 16.1. The van der Waals surface area contributed by atoms with Crippen molar-refractivity contribution < 1.29 is 0 Å². The summed E-state index contributed by atoms with van der Waals surface area (Å²) in [7, 11) is 0. The highest BCUT2D eigenvalue weighted by molar-refractivity contribution is 4.93. The molecule has 0 spiro atoms. The molecule has 23 heavy (non-hydrogen) atoms. The quantitative estimate of drug-likeness (QED) is 0.486. The topological polar surface area (TPSA) is 0 Å². The molecule has 0 aliphatic heterocycles. The maximum absolute atomic E-state index is 2.75. The molecule has 3 saturated carbocycles. The molecule has 1 unspecified atom stereocenters. The summed E-state index contributed by atoms with van der Waals surface area (Å²) in [5.74, 6) is 4.12. The Morgan fingerprint density at radius 1 is 0.652 bits per heavy atom. The van der Waals surface area contributed by atoms with Crippen molar-refractivity contribution in [2.75, 3.05) is 0 Å². The van der Waals surface area contributed by atoms with Gasteiger partial charge in [0, 0.05) is 0 Å². The summed E-state index contributed by atoms with van der Waals surface area (Å²) < 4.78 is 0. The van der Waals surface area contributed by atoms with Crippen LogP contribution in [-0.2, 0) is 0 Å². The largest absolute Gasteiger partial charge is 0.0622 e. The van der Waals surface area contributed by atoms with Crippen LogP contribution in [0.1, 0.15) is 117 Å². The van der Waals surface area contributed by atoms with E-state index in [1.54, 1.807) is 32.1 Å². The Morgan fingerprint density at radius 3 is 1.48 bits per heavy atom. The van der Waals surface area contributed by atoms with Gasteiger partial charge in [0.05, 0.1) is 0 Å². The van der Waals surface area contributed by atoms with E-state index in [2.05, 4.69) is 13.8 Å². The van der Waals surface area contributed by atoms with E-state index < -0.39 is 0 Å². The first kappa shape index (κ1) is 17.8. The molecule has 3 aliphatic rings. The van der Waals surface area contributed by atoms with Gasteiger partial charge in [-0.1, -0.05) is 84.5 Å². The normalized spacial score (nSPS) is 27.9. The van der Waals surface area contributed by atoms with Crippen molar-refractivity contribution in [3.05, 3.63) is 0 Å². The van der Waals surface area contributed by atoms with Crippen LogP contribution < -0.4 is 0 Å². The lowest BCUT2D eigenvalue weighted by Crippen LogP contribution is -2.40. The monoisotopic (exact) mass is 318 g/mol. The molecule has 1 atom stereocenters. The van der Waals surface area contributed by atoms with Crippen molar-refractivity contribution in [2.45, 2.75) is 117 Å². The second kappa shape index (κ2) is 8.39. The molecule has 3 rings (SSSR count). The summed E-state index contributed by atoms with van der Waals surface area (Å²) in [6, 6.07) is 0. The van der Waals surface area contributed by atoms with E-state index in [4.69, 9.17) is 0 Å². The van der Waals surface area contributed by atoms with Crippen molar-refractivity contribution in [3.63, 3.8) is 0 Å². The Kier molecular flexibility index (Phi) is 6.50. The lowest BCUT2D eigenvalue weighted by Gasteiger charge is -2.49. The second-order valence-corrected chi connectivity index (χ2v) is 9.76. The molecule has 0 N–H and O–H groups in total. The molecule has 0 bridgehead atoms. The summed E-state index contributed by atoms with van der Waals surface area (Å²) >= 11 is 0. The van der Waals surface area contributed by atoms with Crippen molar-refractivity contribution in [3.8, 4) is 0 Å². The van der Waals surface area contributed by atoms with Crippen molar-refractivity contribution >= 4 is 0 Å². The van der Waals surface area contributed by atoms with Crippen LogP contribution in [-0.4, -0.2) is 0 Å². The van der Waals surface area contributed by atoms with E-state index >= 15 is 0 Å². The first-order chi connectivity index (χ1) is 11.2. The minimum Gasteiger partial charge on any atom is -0.0622 e. The van der Waals surface area contributed by atoms with Crippen LogP contribution in [0.15, 0.2) is 0 Å². The molecular formula is C23H42. The van der Waals surface area contributed by atoms with Gasteiger partial charge < -0.3 is 0 Å². The fourth-order valence-corrected chi connectivity index (χ4v) is 6.75. The molecular weight excluding hydrogens is 276 g/mol. The second-order valence-electron chi connectivity index (χ2n) is 9.76. The van der Waals surface area contributed by atoms with Crippen LogP contribution in [0.25, 0.3) is 0 Å². The number of rotatable bonds is 5. The molecule has 0 aromatic rings. The highest BCUT2D eigenvalue weighted by atomic mass is 14.5. The predicted octanol–water partition coefficient (Wildman–Crippen LogP) is 7.76. The van der Waals surface area contributed by atoms with Crippen LogP contribution in [0.5, 0.6) is 0 Å². The standard InChI is InChI=1S/C23H42/c1-19(20-12-6-3-7-13-20)18-23(2,21-14-8-4-9-15-21)22-16-10-5-11-17-22/h19-22H,3-18H2,1-2H3. The van der Waals surface area contributed by atoms with Crippen LogP contribution in [0.3, 0.4) is 0 Å². The first-order valence-corrected chi connectivity index (χ1v) is 11.2. The lowest BCUT2D eigenvalue weighted by atomic mass is 9.56. The highest BCUT2D eigenvalue weighted by Gasteiger charge is 2.43. The molecule has 134 valence electrons. The van der Waals surface area contributed by atoms with Crippen LogP contribution in [0, 0.1) is 29.1 Å². The fourth-order valence-electron chi connectivity index (χ4n) is 6.75. The number of hydrogen-bond donors (Lipinski definition) is 0. The summed E-state index contributed by atoms with van der Waals surface area (Å²) in [6.07, 6.45) is 24.4. The number of hydrogen-bond acceptors (Lipinski definition) is 0. The van der Waals surface area contributed by atoms with Gasteiger partial charge >= 0.3 is 0 Å². The van der Waals surface area contributed by atoms with E-state index in [1.807, 2.05) is 0 Å².